The molecule has 1 aliphatic carbocycles. The van der Waals surface area contributed by atoms with E-state index in [4.69, 9.17) is 4.74 Å². The predicted octanol–water partition coefficient (Wildman–Crippen LogP) is 2.20. The monoisotopic (exact) mass is 268 g/mol. The second kappa shape index (κ2) is 7.45. The molecule has 0 bridgehead atoms. The largest absolute Gasteiger partial charge is 0.405 e. The summed E-state index contributed by atoms with van der Waals surface area (Å²) in [6.45, 7) is -0.757. The number of halogens is 3. The molecule has 0 saturated heterocycles. The maximum absolute atomic E-state index is 11.8. The van der Waals surface area contributed by atoms with Crippen LogP contribution in [0.3, 0.4) is 0 Å². The maximum Gasteiger partial charge on any atom is 0.405 e. The number of urea groups is 1. The number of alkyl halides is 3. The van der Waals surface area contributed by atoms with Crippen molar-refractivity contribution in [1.82, 2.24) is 10.6 Å². The first-order valence-corrected chi connectivity index (χ1v) is 6.17. The van der Waals surface area contributed by atoms with Crippen LogP contribution in [0, 0.1) is 0 Å². The number of hydrogen-bond donors (Lipinski definition) is 2. The zero-order valence-corrected chi connectivity index (χ0v) is 10.2. The van der Waals surface area contributed by atoms with Gasteiger partial charge in [-0.2, -0.15) is 13.2 Å². The number of carbonyl (C=O) groups excluding carboxylic acids is 1. The zero-order chi connectivity index (χ0) is 13.4. The summed E-state index contributed by atoms with van der Waals surface area (Å²) in [5, 5.41) is 4.05. The van der Waals surface area contributed by atoms with Gasteiger partial charge in [-0.15, -0.1) is 0 Å². The van der Waals surface area contributed by atoms with Gasteiger partial charge in [0.15, 0.2) is 0 Å². The minimum atomic E-state index is -4.38. The van der Waals surface area contributed by atoms with E-state index in [1.165, 1.54) is 6.42 Å². The molecule has 0 atom stereocenters. The number of rotatable bonds is 5. The summed E-state index contributed by atoms with van der Waals surface area (Å²) in [5.41, 5.74) is 0. The Kier molecular flexibility index (Phi) is 6.24. The fourth-order valence-corrected chi connectivity index (χ4v) is 1.86. The molecule has 2 N–H and O–H groups in total. The van der Waals surface area contributed by atoms with E-state index in [9.17, 15) is 18.0 Å². The molecule has 1 rings (SSSR count). The van der Waals surface area contributed by atoms with Crippen LogP contribution in [0.15, 0.2) is 0 Å². The highest BCUT2D eigenvalue weighted by molar-refractivity contribution is 5.73. The molecule has 2 amide bonds. The molecule has 0 heterocycles. The summed E-state index contributed by atoms with van der Waals surface area (Å²) in [6, 6.07) is -0.820. The first-order chi connectivity index (χ1) is 8.47. The number of ether oxygens (including phenoxy) is 1. The topological polar surface area (TPSA) is 50.4 Å². The molecule has 18 heavy (non-hydrogen) atoms. The molecule has 0 aromatic rings. The molecule has 0 aromatic carbocycles. The van der Waals surface area contributed by atoms with Gasteiger partial charge in [0.1, 0.15) is 6.54 Å². The SMILES string of the molecule is O=C(NCCOC1CCCCC1)NCC(F)(F)F. The fourth-order valence-electron chi connectivity index (χ4n) is 1.86. The lowest BCUT2D eigenvalue weighted by Crippen LogP contribution is -2.42. The van der Waals surface area contributed by atoms with E-state index in [2.05, 4.69) is 5.32 Å². The smallest absolute Gasteiger partial charge is 0.376 e. The minimum absolute atomic E-state index is 0.222. The van der Waals surface area contributed by atoms with Crippen molar-refractivity contribution < 1.29 is 22.7 Å². The van der Waals surface area contributed by atoms with Crippen molar-refractivity contribution in [3.05, 3.63) is 0 Å². The quantitative estimate of drug-likeness (QED) is 0.751. The number of carbonyl (C=O) groups is 1. The molecular formula is C11H19F3N2O2. The Morgan fingerprint density at radius 3 is 2.44 bits per heavy atom. The number of amides is 2. The number of hydrogen-bond acceptors (Lipinski definition) is 2. The summed E-state index contributed by atoms with van der Waals surface area (Å²) in [7, 11) is 0. The second-order valence-electron chi connectivity index (χ2n) is 4.36. The van der Waals surface area contributed by atoms with Crippen LogP contribution in [0.4, 0.5) is 18.0 Å². The predicted molar refractivity (Wildman–Crippen MR) is 60.3 cm³/mol. The molecule has 106 valence electrons. The molecule has 4 nitrogen and oxygen atoms in total. The Balaban J connectivity index is 1.98. The van der Waals surface area contributed by atoms with Crippen molar-refractivity contribution in [3.63, 3.8) is 0 Å². The van der Waals surface area contributed by atoms with Gasteiger partial charge in [-0.3, -0.25) is 0 Å². The maximum atomic E-state index is 11.8. The van der Waals surface area contributed by atoms with E-state index in [1.54, 1.807) is 5.32 Å². The normalized spacial score (nSPS) is 17.5. The van der Waals surface area contributed by atoms with E-state index in [0.29, 0.717) is 6.61 Å². The van der Waals surface area contributed by atoms with Crippen molar-refractivity contribution in [2.24, 2.45) is 0 Å². The van der Waals surface area contributed by atoms with Gasteiger partial charge in [-0.25, -0.2) is 4.79 Å². The first kappa shape index (κ1) is 15.1. The van der Waals surface area contributed by atoms with Crippen LogP contribution in [-0.4, -0.2) is 38.0 Å². The Labute approximate surface area is 104 Å². The lowest BCUT2D eigenvalue weighted by atomic mass is 9.98. The van der Waals surface area contributed by atoms with E-state index in [0.717, 1.165) is 25.7 Å². The van der Waals surface area contributed by atoms with E-state index >= 15 is 0 Å². The summed E-state index contributed by atoms with van der Waals surface area (Å²) >= 11 is 0. The average molecular weight is 268 g/mol. The van der Waals surface area contributed by atoms with Gasteiger partial charge in [0.05, 0.1) is 12.7 Å². The summed E-state index contributed by atoms with van der Waals surface area (Å²) in [5.74, 6) is 0. The van der Waals surface area contributed by atoms with Crippen LogP contribution < -0.4 is 10.6 Å². The Morgan fingerprint density at radius 1 is 1.17 bits per heavy atom. The highest BCUT2D eigenvalue weighted by atomic mass is 19.4. The summed E-state index contributed by atoms with van der Waals surface area (Å²) in [6.07, 6.45) is 1.46. The van der Waals surface area contributed by atoms with Gasteiger partial charge in [-0.1, -0.05) is 19.3 Å². The van der Waals surface area contributed by atoms with Crippen molar-refractivity contribution >= 4 is 6.03 Å². The molecule has 7 heteroatoms. The van der Waals surface area contributed by atoms with Crippen LogP contribution in [0.25, 0.3) is 0 Å². The van der Waals surface area contributed by atoms with Crippen molar-refractivity contribution in [2.75, 3.05) is 19.7 Å². The van der Waals surface area contributed by atoms with Gasteiger partial charge in [0.25, 0.3) is 0 Å². The molecule has 0 spiro atoms. The van der Waals surface area contributed by atoms with Gasteiger partial charge >= 0.3 is 12.2 Å². The van der Waals surface area contributed by atoms with Crippen molar-refractivity contribution in [2.45, 2.75) is 44.4 Å². The van der Waals surface area contributed by atoms with Gasteiger partial charge in [0.2, 0.25) is 0 Å². The molecule has 0 aliphatic heterocycles. The Morgan fingerprint density at radius 2 is 1.83 bits per heavy atom. The van der Waals surface area contributed by atoms with Gasteiger partial charge < -0.3 is 15.4 Å². The lowest BCUT2D eigenvalue weighted by Gasteiger charge is -2.22. The minimum Gasteiger partial charge on any atom is -0.376 e. The first-order valence-electron chi connectivity index (χ1n) is 6.17. The van der Waals surface area contributed by atoms with Crippen LogP contribution in [0.1, 0.15) is 32.1 Å². The molecule has 1 fully saturated rings. The standard InChI is InChI=1S/C11H19F3N2O2/c12-11(13,14)8-16-10(17)15-6-7-18-9-4-2-1-3-5-9/h9H,1-8H2,(H2,15,16,17). The third-order valence-corrected chi connectivity index (χ3v) is 2.74. The lowest BCUT2D eigenvalue weighted by molar-refractivity contribution is -0.122. The van der Waals surface area contributed by atoms with Crippen LogP contribution in [0.5, 0.6) is 0 Å². The molecule has 0 unspecified atom stereocenters. The Hall–Kier alpha value is -0.980. The van der Waals surface area contributed by atoms with E-state index in [-0.39, 0.29) is 12.6 Å². The van der Waals surface area contributed by atoms with E-state index < -0.39 is 18.8 Å². The van der Waals surface area contributed by atoms with Crippen molar-refractivity contribution in [1.29, 1.82) is 0 Å². The third kappa shape index (κ3) is 7.37. The number of nitrogens with one attached hydrogen (secondary N) is 2. The van der Waals surface area contributed by atoms with Gasteiger partial charge in [0, 0.05) is 6.54 Å². The van der Waals surface area contributed by atoms with E-state index in [1.807, 2.05) is 0 Å². The van der Waals surface area contributed by atoms with Crippen LogP contribution in [-0.2, 0) is 4.74 Å². The summed E-state index contributed by atoms with van der Waals surface area (Å²) in [4.78, 5) is 11.0. The molecule has 0 aromatic heterocycles. The zero-order valence-electron chi connectivity index (χ0n) is 10.2. The van der Waals surface area contributed by atoms with Crippen LogP contribution in [0.2, 0.25) is 0 Å². The highest BCUT2D eigenvalue weighted by Gasteiger charge is 2.27. The molecule has 1 aliphatic rings. The molecular weight excluding hydrogens is 249 g/mol. The second-order valence-corrected chi connectivity index (χ2v) is 4.36. The van der Waals surface area contributed by atoms with Gasteiger partial charge in [-0.05, 0) is 12.8 Å². The Bertz CT molecular complexity index is 253. The third-order valence-electron chi connectivity index (χ3n) is 2.74. The summed E-state index contributed by atoms with van der Waals surface area (Å²) < 4.78 is 40.9. The van der Waals surface area contributed by atoms with Crippen molar-refractivity contribution in [3.8, 4) is 0 Å². The molecule has 0 radical (unpaired) electrons. The highest BCUT2D eigenvalue weighted by Crippen LogP contribution is 2.19. The fraction of sp³-hybridized carbons (Fsp3) is 0.909. The average Bonchev–Trinajstić information content (AvgIpc) is 2.33. The van der Waals surface area contributed by atoms with Crippen LogP contribution >= 0.6 is 0 Å². The molecule has 1 saturated carbocycles.